The van der Waals surface area contributed by atoms with Crippen molar-refractivity contribution >= 4 is 70.1 Å². The van der Waals surface area contributed by atoms with Gasteiger partial charge in [0, 0.05) is 5.56 Å². The number of hydrogen-bond donors (Lipinski definition) is 2. The van der Waals surface area contributed by atoms with Gasteiger partial charge in [0.1, 0.15) is 0 Å². The smallest absolute Gasteiger partial charge is 0.316 e. The molecule has 2 rings (SSSR count). The van der Waals surface area contributed by atoms with Crippen molar-refractivity contribution in [2.45, 2.75) is 0 Å². The second-order valence-corrected chi connectivity index (χ2v) is 5.97. The van der Waals surface area contributed by atoms with Crippen LogP contribution in [0.15, 0.2) is 41.5 Å². The van der Waals surface area contributed by atoms with Gasteiger partial charge in [0.25, 0.3) is 0 Å². The minimum absolute atomic E-state index is 0.134. The Kier molecular flexibility index (Phi) is 6.45. The molecule has 0 aliphatic carbocycles. The van der Waals surface area contributed by atoms with E-state index in [0.717, 1.165) is 0 Å². The average Bonchev–Trinajstić information content (AvgIpc) is 2.55. The molecule has 0 unspecified atom stereocenters. The summed E-state index contributed by atoms with van der Waals surface area (Å²) in [5.41, 5.74) is 2.78. The fraction of sp³-hybridized carbons (Fsp3) is 0. The zero-order chi connectivity index (χ0) is 17.7. The Hall–Kier alpha value is -1.79. The summed E-state index contributed by atoms with van der Waals surface area (Å²) in [4.78, 5) is 23.5. The van der Waals surface area contributed by atoms with Gasteiger partial charge < -0.3 is 5.32 Å². The molecule has 0 aliphatic rings. The Morgan fingerprint density at radius 1 is 0.875 bits per heavy atom. The number of hydrazone groups is 1. The van der Waals surface area contributed by atoms with Crippen LogP contribution in [0.5, 0.6) is 0 Å². The van der Waals surface area contributed by atoms with E-state index in [-0.39, 0.29) is 20.8 Å². The van der Waals surface area contributed by atoms with Crippen LogP contribution < -0.4 is 10.7 Å². The summed E-state index contributed by atoms with van der Waals surface area (Å²) in [6.07, 6.45) is 1.27. The Bertz CT molecular complexity index is 824. The molecule has 2 N–H and O–H groups in total. The highest BCUT2D eigenvalue weighted by Gasteiger charge is 2.15. The van der Waals surface area contributed by atoms with Crippen LogP contribution in [0.1, 0.15) is 5.56 Å². The highest BCUT2D eigenvalue weighted by atomic mass is 35.5. The van der Waals surface area contributed by atoms with Crippen molar-refractivity contribution in [3.8, 4) is 0 Å². The van der Waals surface area contributed by atoms with Crippen LogP contribution in [0.4, 0.5) is 5.69 Å². The molecule has 0 spiro atoms. The number of hydrogen-bond acceptors (Lipinski definition) is 3. The third kappa shape index (κ3) is 4.61. The predicted molar refractivity (Wildman–Crippen MR) is 97.3 cm³/mol. The van der Waals surface area contributed by atoms with Crippen molar-refractivity contribution in [1.82, 2.24) is 5.43 Å². The molecule has 0 fully saturated rings. The topological polar surface area (TPSA) is 70.6 Å². The van der Waals surface area contributed by atoms with Crippen LogP contribution in [-0.2, 0) is 9.59 Å². The number of nitrogens with one attached hydrogen (secondary N) is 2. The van der Waals surface area contributed by atoms with Crippen molar-refractivity contribution in [2.24, 2.45) is 5.10 Å². The maximum Gasteiger partial charge on any atom is 0.329 e. The van der Waals surface area contributed by atoms with Gasteiger partial charge in [0.05, 0.1) is 32.0 Å². The van der Waals surface area contributed by atoms with Crippen molar-refractivity contribution in [3.05, 3.63) is 62.1 Å². The van der Waals surface area contributed by atoms with Crippen molar-refractivity contribution in [1.29, 1.82) is 0 Å². The van der Waals surface area contributed by atoms with Crippen LogP contribution in [0.2, 0.25) is 20.1 Å². The Balaban J connectivity index is 1.99. The molecule has 2 amide bonds. The third-order valence-electron chi connectivity index (χ3n) is 2.76. The average molecular weight is 405 g/mol. The number of nitrogens with zero attached hydrogens (tertiary/aromatic N) is 1. The normalized spacial score (nSPS) is 10.7. The zero-order valence-electron chi connectivity index (χ0n) is 11.8. The van der Waals surface area contributed by atoms with E-state index in [4.69, 9.17) is 46.4 Å². The largest absolute Gasteiger partial charge is 0.329 e. The van der Waals surface area contributed by atoms with E-state index in [9.17, 15) is 9.59 Å². The van der Waals surface area contributed by atoms with E-state index in [1.54, 1.807) is 30.3 Å². The molecule has 2 aromatic carbocycles. The first-order valence-electron chi connectivity index (χ1n) is 6.42. The van der Waals surface area contributed by atoms with E-state index in [2.05, 4.69) is 15.8 Å². The fourth-order valence-corrected chi connectivity index (χ4v) is 2.32. The number of carbonyl (C=O) groups excluding carboxylic acids is 2. The van der Waals surface area contributed by atoms with Gasteiger partial charge in [-0.2, -0.15) is 5.10 Å². The number of carbonyl (C=O) groups is 2. The lowest BCUT2D eigenvalue weighted by molar-refractivity contribution is -0.136. The number of rotatable bonds is 3. The number of anilines is 1. The first-order chi connectivity index (χ1) is 11.4. The third-order valence-corrected chi connectivity index (χ3v) is 4.41. The second-order valence-electron chi connectivity index (χ2n) is 4.40. The molecule has 0 aromatic heterocycles. The minimum atomic E-state index is -0.986. The molecular formula is C15H9Cl4N3O2. The quantitative estimate of drug-likeness (QED) is 0.452. The van der Waals surface area contributed by atoms with E-state index >= 15 is 0 Å². The van der Waals surface area contributed by atoms with E-state index in [1.165, 1.54) is 12.3 Å². The van der Waals surface area contributed by atoms with E-state index in [1.807, 2.05) is 0 Å². The first kappa shape index (κ1) is 18.5. The molecule has 9 heteroatoms. The molecule has 0 radical (unpaired) electrons. The highest BCUT2D eigenvalue weighted by molar-refractivity contribution is 6.46. The van der Waals surface area contributed by atoms with Crippen molar-refractivity contribution in [3.63, 3.8) is 0 Å². The molecule has 5 nitrogen and oxygen atoms in total. The lowest BCUT2D eigenvalue weighted by Gasteiger charge is -2.07. The molecule has 24 heavy (non-hydrogen) atoms. The van der Waals surface area contributed by atoms with Crippen LogP contribution in [0.3, 0.4) is 0 Å². The van der Waals surface area contributed by atoms with Crippen LogP contribution in [0, 0.1) is 0 Å². The Morgan fingerprint density at radius 2 is 1.50 bits per heavy atom. The zero-order valence-corrected chi connectivity index (χ0v) is 14.8. The van der Waals surface area contributed by atoms with Gasteiger partial charge >= 0.3 is 11.8 Å². The maximum absolute atomic E-state index is 11.8. The summed E-state index contributed by atoms with van der Waals surface area (Å²) in [6, 6.07) is 9.58. The van der Waals surface area contributed by atoms with E-state index in [0.29, 0.717) is 10.6 Å². The van der Waals surface area contributed by atoms with Gasteiger partial charge in [-0.25, -0.2) is 5.43 Å². The van der Waals surface area contributed by atoms with Crippen molar-refractivity contribution in [2.75, 3.05) is 5.32 Å². The standard InChI is InChI=1S/C15H9Cl4N3O2/c16-9-4-1-3-8(12(9)18)7-20-22-15(24)14(23)21-11-6-2-5-10(17)13(11)19/h1-7H,(H,21,23)(H,22,24)/b20-7+. The van der Waals surface area contributed by atoms with Crippen LogP contribution in [-0.4, -0.2) is 18.0 Å². The second kappa shape index (κ2) is 8.35. The number of benzene rings is 2. The molecule has 0 saturated heterocycles. The molecule has 0 bridgehead atoms. The van der Waals surface area contributed by atoms with Gasteiger partial charge in [-0.3, -0.25) is 9.59 Å². The highest BCUT2D eigenvalue weighted by Crippen LogP contribution is 2.29. The lowest BCUT2D eigenvalue weighted by atomic mass is 10.2. The van der Waals surface area contributed by atoms with Gasteiger partial charge in [0.15, 0.2) is 0 Å². The summed E-state index contributed by atoms with van der Waals surface area (Å²) in [5.74, 6) is -1.94. The molecule has 0 aliphatic heterocycles. The van der Waals surface area contributed by atoms with Gasteiger partial charge in [-0.1, -0.05) is 64.6 Å². The first-order valence-corrected chi connectivity index (χ1v) is 7.93. The Morgan fingerprint density at radius 3 is 2.21 bits per heavy atom. The summed E-state index contributed by atoms with van der Waals surface area (Å²) >= 11 is 23.6. The fourth-order valence-electron chi connectivity index (χ4n) is 1.61. The summed E-state index contributed by atoms with van der Waals surface area (Å²) in [7, 11) is 0. The molecule has 0 heterocycles. The molecule has 2 aromatic rings. The molecule has 0 atom stereocenters. The monoisotopic (exact) mass is 403 g/mol. The van der Waals surface area contributed by atoms with Crippen LogP contribution in [0.25, 0.3) is 0 Å². The van der Waals surface area contributed by atoms with E-state index < -0.39 is 11.8 Å². The van der Waals surface area contributed by atoms with Gasteiger partial charge in [-0.05, 0) is 18.2 Å². The number of amides is 2. The van der Waals surface area contributed by atoms with Gasteiger partial charge in [-0.15, -0.1) is 0 Å². The summed E-state index contributed by atoms with van der Waals surface area (Å²) in [6.45, 7) is 0. The minimum Gasteiger partial charge on any atom is -0.316 e. The molecule has 0 saturated carbocycles. The SMILES string of the molecule is O=C(N/N=C/c1cccc(Cl)c1Cl)C(=O)Nc1cccc(Cl)c1Cl. The number of halogens is 4. The Labute approximate surface area is 157 Å². The maximum atomic E-state index is 11.8. The molecular weight excluding hydrogens is 396 g/mol. The van der Waals surface area contributed by atoms with Crippen LogP contribution >= 0.6 is 46.4 Å². The summed E-state index contributed by atoms with van der Waals surface area (Å²) in [5, 5.41) is 7.01. The summed E-state index contributed by atoms with van der Waals surface area (Å²) < 4.78 is 0. The predicted octanol–water partition coefficient (Wildman–Crippen LogP) is 4.39. The molecule has 124 valence electrons. The lowest BCUT2D eigenvalue weighted by Crippen LogP contribution is -2.32. The van der Waals surface area contributed by atoms with Crippen molar-refractivity contribution < 1.29 is 9.59 Å². The van der Waals surface area contributed by atoms with Gasteiger partial charge in [0.2, 0.25) is 0 Å².